The van der Waals surface area contributed by atoms with Crippen LogP contribution in [0.3, 0.4) is 0 Å². The number of ether oxygens (including phenoxy) is 4. The van der Waals surface area contributed by atoms with Crippen LogP contribution in [-0.4, -0.2) is 38.2 Å². The highest BCUT2D eigenvalue weighted by atomic mass is 79.9. The number of esters is 1. The Morgan fingerprint density at radius 2 is 1.78 bits per heavy atom. The molecule has 1 heterocycles. The zero-order valence-electron chi connectivity index (χ0n) is 14.4. The van der Waals surface area contributed by atoms with Gasteiger partial charge in [-0.25, -0.2) is 0 Å². The van der Waals surface area contributed by atoms with Crippen molar-refractivity contribution in [2.45, 2.75) is 6.61 Å². The van der Waals surface area contributed by atoms with E-state index in [4.69, 9.17) is 18.9 Å². The number of fused-ring (bicyclic) bond motifs is 1. The van der Waals surface area contributed by atoms with E-state index < -0.39 is 11.9 Å². The van der Waals surface area contributed by atoms with Crippen molar-refractivity contribution in [1.82, 2.24) is 5.32 Å². The molecule has 1 amide bonds. The molecule has 2 aromatic rings. The first-order chi connectivity index (χ1) is 13.1. The fourth-order valence-corrected chi connectivity index (χ4v) is 2.75. The number of rotatable bonds is 7. The maximum atomic E-state index is 11.8. The van der Waals surface area contributed by atoms with Gasteiger partial charge in [-0.1, -0.05) is 34.1 Å². The minimum Gasteiger partial charge on any atom is -0.486 e. The van der Waals surface area contributed by atoms with Crippen LogP contribution in [-0.2, 0) is 20.9 Å². The zero-order valence-corrected chi connectivity index (χ0v) is 16.0. The molecule has 1 N–H and O–H groups in total. The van der Waals surface area contributed by atoms with E-state index in [-0.39, 0.29) is 19.8 Å². The Morgan fingerprint density at radius 3 is 2.52 bits per heavy atom. The molecule has 0 bridgehead atoms. The lowest BCUT2D eigenvalue weighted by Crippen LogP contribution is -2.34. The molecule has 0 aromatic heterocycles. The molecule has 8 heteroatoms. The molecule has 7 nitrogen and oxygen atoms in total. The van der Waals surface area contributed by atoms with Crippen LogP contribution in [0.2, 0.25) is 0 Å². The van der Waals surface area contributed by atoms with Gasteiger partial charge < -0.3 is 24.3 Å². The quantitative estimate of drug-likeness (QED) is 0.672. The van der Waals surface area contributed by atoms with Gasteiger partial charge >= 0.3 is 5.97 Å². The second-order valence-electron chi connectivity index (χ2n) is 5.63. The van der Waals surface area contributed by atoms with E-state index in [9.17, 15) is 9.59 Å². The van der Waals surface area contributed by atoms with Gasteiger partial charge in [0.15, 0.2) is 18.1 Å². The summed E-state index contributed by atoms with van der Waals surface area (Å²) in [7, 11) is 0. The van der Waals surface area contributed by atoms with Crippen LogP contribution in [0.5, 0.6) is 17.2 Å². The topological polar surface area (TPSA) is 83.1 Å². The van der Waals surface area contributed by atoms with E-state index in [0.717, 1.165) is 10.0 Å². The van der Waals surface area contributed by atoms with Crippen LogP contribution in [0.4, 0.5) is 0 Å². The lowest BCUT2D eigenvalue weighted by molar-refractivity contribution is -0.145. The van der Waals surface area contributed by atoms with Crippen LogP contribution in [0, 0.1) is 0 Å². The summed E-state index contributed by atoms with van der Waals surface area (Å²) >= 11 is 3.42. The molecule has 1 aliphatic heterocycles. The highest BCUT2D eigenvalue weighted by Gasteiger charge is 2.16. The predicted octanol–water partition coefficient (Wildman–Crippen LogP) is 2.46. The van der Waals surface area contributed by atoms with Gasteiger partial charge in [0.05, 0.1) is 0 Å². The van der Waals surface area contributed by atoms with E-state index in [0.29, 0.717) is 30.5 Å². The smallest absolute Gasteiger partial charge is 0.325 e. The van der Waals surface area contributed by atoms with Crippen molar-refractivity contribution in [1.29, 1.82) is 0 Å². The van der Waals surface area contributed by atoms with Crippen LogP contribution in [0.25, 0.3) is 0 Å². The number of hydrogen-bond acceptors (Lipinski definition) is 6. The molecule has 0 unspecified atom stereocenters. The zero-order chi connectivity index (χ0) is 19.1. The first-order valence-corrected chi connectivity index (χ1v) is 9.09. The molecule has 0 saturated heterocycles. The van der Waals surface area contributed by atoms with Gasteiger partial charge in [-0.2, -0.15) is 0 Å². The normalized spacial score (nSPS) is 12.2. The molecule has 0 radical (unpaired) electrons. The van der Waals surface area contributed by atoms with E-state index in [1.807, 2.05) is 6.07 Å². The first-order valence-electron chi connectivity index (χ1n) is 8.30. The number of benzene rings is 2. The SMILES string of the molecule is O=C(COc1ccccc1)NCC(=O)OCc1cc2c(cc1Br)OCCO2. The van der Waals surface area contributed by atoms with Crippen LogP contribution in [0.1, 0.15) is 5.56 Å². The molecule has 27 heavy (non-hydrogen) atoms. The summed E-state index contributed by atoms with van der Waals surface area (Å²) in [5.41, 5.74) is 0.742. The van der Waals surface area contributed by atoms with Crippen molar-refractivity contribution in [3.05, 3.63) is 52.5 Å². The Labute approximate surface area is 164 Å². The molecule has 0 atom stereocenters. The average Bonchev–Trinajstić information content (AvgIpc) is 2.70. The van der Waals surface area contributed by atoms with Crippen molar-refractivity contribution < 1.29 is 28.5 Å². The number of halogens is 1. The standard InChI is InChI=1S/C19H18BrNO6/c20-15-9-17-16(24-6-7-25-17)8-13(15)11-27-19(23)10-21-18(22)12-26-14-4-2-1-3-5-14/h1-5,8-9H,6-7,10-12H2,(H,21,22). The Balaban J connectivity index is 1.41. The summed E-state index contributed by atoms with van der Waals surface area (Å²) in [6.45, 7) is 0.614. The fourth-order valence-electron chi connectivity index (χ4n) is 2.31. The minimum atomic E-state index is -0.551. The molecule has 0 saturated carbocycles. The van der Waals surface area contributed by atoms with Gasteiger partial charge in [0.2, 0.25) is 0 Å². The Kier molecular flexibility index (Phi) is 6.54. The van der Waals surface area contributed by atoms with Crippen LogP contribution < -0.4 is 19.5 Å². The van der Waals surface area contributed by atoms with E-state index in [1.54, 1.807) is 36.4 Å². The van der Waals surface area contributed by atoms with E-state index in [1.165, 1.54) is 0 Å². The van der Waals surface area contributed by atoms with Crippen molar-refractivity contribution in [3.8, 4) is 17.2 Å². The second-order valence-corrected chi connectivity index (χ2v) is 6.48. The average molecular weight is 436 g/mol. The van der Waals surface area contributed by atoms with Crippen molar-refractivity contribution in [3.63, 3.8) is 0 Å². The van der Waals surface area contributed by atoms with Gasteiger partial charge in [0, 0.05) is 10.0 Å². The maximum Gasteiger partial charge on any atom is 0.325 e. The van der Waals surface area contributed by atoms with E-state index in [2.05, 4.69) is 21.2 Å². The predicted molar refractivity (Wildman–Crippen MR) is 99.9 cm³/mol. The van der Waals surface area contributed by atoms with Crippen molar-refractivity contribution in [2.24, 2.45) is 0 Å². The molecular formula is C19H18BrNO6. The molecule has 0 fully saturated rings. The number of hydrogen-bond donors (Lipinski definition) is 1. The maximum absolute atomic E-state index is 11.8. The molecule has 142 valence electrons. The third-order valence-corrected chi connectivity index (χ3v) is 4.38. The molecule has 3 rings (SSSR count). The summed E-state index contributed by atoms with van der Waals surface area (Å²) in [4.78, 5) is 23.6. The van der Waals surface area contributed by atoms with Crippen molar-refractivity contribution in [2.75, 3.05) is 26.4 Å². The number of nitrogens with one attached hydrogen (secondary N) is 1. The number of carbonyl (C=O) groups excluding carboxylic acids is 2. The lowest BCUT2D eigenvalue weighted by atomic mass is 10.2. The second kappa shape index (κ2) is 9.27. The minimum absolute atomic E-state index is 0.0481. The van der Waals surface area contributed by atoms with Crippen molar-refractivity contribution >= 4 is 27.8 Å². The van der Waals surface area contributed by atoms with Gasteiger partial charge in [-0.15, -0.1) is 0 Å². The summed E-state index contributed by atoms with van der Waals surface area (Å²) in [5.74, 6) is 0.885. The highest BCUT2D eigenvalue weighted by Crippen LogP contribution is 2.35. The first kappa shape index (κ1) is 19.0. The highest BCUT2D eigenvalue weighted by molar-refractivity contribution is 9.10. The Hall–Kier alpha value is -2.74. The molecule has 2 aromatic carbocycles. The largest absolute Gasteiger partial charge is 0.486 e. The third-order valence-electron chi connectivity index (χ3n) is 3.64. The van der Waals surface area contributed by atoms with Crippen LogP contribution >= 0.6 is 15.9 Å². The third kappa shape index (κ3) is 5.62. The number of carbonyl (C=O) groups is 2. The lowest BCUT2D eigenvalue weighted by Gasteiger charge is -2.19. The Morgan fingerprint density at radius 1 is 1.07 bits per heavy atom. The van der Waals surface area contributed by atoms with Gasteiger partial charge in [0.25, 0.3) is 5.91 Å². The Bertz CT molecular complexity index is 811. The summed E-state index contributed by atoms with van der Waals surface area (Å²) in [5, 5.41) is 2.46. The monoisotopic (exact) mass is 435 g/mol. The van der Waals surface area contributed by atoms with Gasteiger partial charge in [-0.05, 0) is 24.3 Å². The van der Waals surface area contributed by atoms with Crippen LogP contribution in [0.15, 0.2) is 46.9 Å². The summed E-state index contributed by atoms with van der Waals surface area (Å²) in [6, 6.07) is 12.5. The molecule has 1 aliphatic rings. The van der Waals surface area contributed by atoms with Gasteiger partial charge in [-0.3, -0.25) is 9.59 Å². The number of amides is 1. The summed E-state index contributed by atoms with van der Waals surface area (Å²) < 4.78 is 22.2. The molecular weight excluding hydrogens is 418 g/mol. The van der Waals surface area contributed by atoms with E-state index >= 15 is 0 Å². The summed E-state index contributed by atoms with van der Waals surface area (Å²) in [6.07, 6.45) is 0. The fraction of sp³-hybridized carbons (Fsp3) is 0.263. The number of para-hydroxylation sites is 1. The molecule has 0 aliphatic carbocycles. The van der Waals surface area contributed by atoms with Gasteiger partial charge in [0.1, 0.15) is 32.1 Å². The molecule has 0 spiro atoms.